The summed E-state index contributed by atoms with van der Waals surface area (Å²) >= 11 is 0. The van der Waals surface area contributed by atoms with Crippen molar-refractivity contribution in [2.45, 2.75) is 63.8 Å². The molecule has 2 saturated carbocycles. The Kier molecular flexibility index (Phi) is 4.26. The van der Waals surface area contributed by atoms with Gasteiger partial charge in [-0.3, -0.25) is 0 Å². The lowest BCUT2D eigenvalue weighted by Crippen LogP contribution is -2.49. The van der Waals surface area contributed by atoms with E-state index >= 15 is 0 Å². The summed E-state index contributed by atoms with van der Waals surface area (Å²) in [6, 6.07) is 0. The van der Waals surface area contributed by atoms with Crippen molar-refractivity contribution in [2.75, 3.05) is 13.2 Å². The second-order valence-electron chi connectivity index (χ2n) is 5.97. The monoisotopic (exact) mass is 225 g/mol. The second kappa shape index (κ2) is 5.50. The first-order chi connectivity index (χ1) is 7.78. The molecule has 2 unspecified atom stereocenters. The summed E-state index contributed by atoms with van der Waals surface area (Å²) in [5.74, 6) is 1.81. The minimum absolute atomic E-state index is 0.0620. The average Bonchev–Trinajstić information content (AvgIpc) is 3.14. The van der Waals surface area contributed by atoms with Gasteiger partial charge in [-0.25, -0.2) is 0 Å². The fourth-order valence-corrected chi connectivity index (χ4v) is 2.96. The predicted molar refractivity (Wildman–Crippen MR) is 67.4 cm³/mol. The van der Waals surface area contributed by atoms with E-state index in [9.17, 15) is 5.11 Å². The van der Waals surface area contributed by atoms with Gasteiger partial charge >= 0.3 is 0 Å². The highest BCUT2D eigenvalue weighted by Crippen LogP contribution is 2.34. The zero-order valence-corrected chi connectivity index (χ0v) is 10.7. The third kappa shape index (κ3) is 3.21. The predicted octanol–water partition coefficient (Wildman–Crippen LogP) is 2.71. The lowest BCUT2D eigenvalue weighted by molar-refractivity contribution is 0.141. The van der Waals surface area contributed by atoms with Gasteiger partial charge in [0, 0.05) is 5.54 Å². The van der Waals surface area contributed by atoms with Crippen molar-refractivity contribution < 1.29 is 5.11 Å². The first-order valence-corrected chi connectivity index (χ1v) is 7.14. The van der Waals surface area contributed by atoms with Crippen LogP contribution in [0.5, 0.6) is 0 Å². The molecule has 0 spiro atoms. The van der Waals surface area contributed by atoms with Crippen molar-refractivity contribution in [1.29, 1.82) is 0 Å². The van der Waals surface area contributed by atoms with Crippen molar-refractivity contribution >= 4 is 0 Å². The Labute approximate surface area is 99.8 Å². The van der Waals surface area contributed by atoms with Crippen LogP contribution in [0.4, 0.5) is 0 Å². The Morgan fingerprint density at radius 1 is 1.12 bits per heavy atom. The molecular formula is C14H27NO. The second-order valence-corrected chi connectivity index (χ2v) is 5.97. The SMILES string of the molecule is CCC1CCCC(CO)(NCC2CC2)CC1. The summed E-state index contributed by atoms with van der Waals surface area (Å²) < 4.78 is 0. The molecule has 0 saturated heterocycles. The van der Waals surface area contributed by atoms with Crippen LogP contribution in [0.15, 0.2) is 0 Å². The summed E-state index contributed by atoms with van der Waals surface area (Å²) in [6.45, 7) is 3.77. The van der Waals surface area contributed by atoms with Gasteiger partial charge in [0.05, 0.1) is 6.61 Å². The van der Waals surface area contributed by atoms with Crippen LogP contribution in [-0.2, 0) is 0 Å². The quantitative estimate of drug-likeness (QED) is 0.705. The van der Waals surface area contributed by atoms with E-state index in [1.807, 2.05) is 0 Å². The van der Waals surface area contributed by atoms with Gasteiger partial charge in [-0.2, -0.15) is 0 Å². The van der Waals surface area contributed by atoms with Crippen LogP contribution < -0.4 is 5.32 Å². The molecule has 0 aromatic carbocycles. The van der Waals surface area contributed by atoms with Gasteiger partial charge in [-0.15, -0.1) is 0 Å². The molecule has 2 atom stereocenters. The molecule has 2 heteroatoms. The zero-order valence-electron chi connectivity index (χ0n) is 10.7. The van der Waals surface area contributed by atoms with Crippen LogP contribution in [0.3, 0.4) is 0 Å². The summed E-state index contributed by atoms with van der Waals surface area (Å²) in [6.07, 6.45) is 10.4. The Morgan fingerprint density at radius 3 is 2.56 bits per heavy atom. The van der Waals surface area contributed by atoms with Crippen molar-refractivity contribution in [3.63, 3.8) is 0 Å². The van der Waals surface area contributed by atoms with Crippen molar-refractivity contribution in [3.05, 3.63) is 0 Å². The molecule has 0 aromatic rings. The highest BCUT2D eigenvalue weighted by Gasteiger charge is 2.33. The van der Waals surface area contributed by atoms with E-state index in [2.05, 4.69) is 12.2 Å². The zero-order chi connectivity index (χ0) is 11.4. The van der Waals surface area contributed by atoms with E-state index in [0.717, 1.165) is 18.4 Å². The highest BCUT2D eigenvalue weighted by atomic mass is 16.3. The van der Waals surface area contributed by atoms with E-state index < -0.39 is 0 Å². The van der Waals surface area contributed by atoms with Gasteiger partial charge in [0.1, 0.15) is 0 Å². The minimum Gasteiger partial charge on any atom is -0.394 e. The van der Waals surface area contributed by atoms with Gasteiger partial charge in [-0.05, 0) is 50.5 Å². The Hall–Kier alpha value is -0.0800. The standard InChI is InChI=1S/C14H27NO/c1-2-12-4-3-8-14(11-16,9-7-12)15-10-13-5-6-13/h12-13,15-16H,2-11H2,1H3. The smallest absolute Gasteiger partial charge is 0.0613 e. The molecule has 0 heterocycles. The van der Waals surface area contributed by atoms with Crippen LogP contribution in [-0.4, -0.2) is 23.8 Å². The van der Waals surface area contributed by atoms with Crippen LogP contribution >= 0.6 is 0 Å². The molecule has 2 aliphatic rings. The molecule has 0 aliphatic heterocycles. The summed E-state index contributed by atoms with van der Waals surface area (Å²) in [5, 5.41) is 13.4. The largest absolute Gasteiger partial charge is 0.394 e. The molecule has 0 bridgehead atoms. The molecule has 2 N–H and O–H groups in total. The number of hydrogen-bond donors (Lipinski definition) is 2. The maximum Gasteiger partial charge on any atom is 0.0613 e. The summed E-state index contributed by atoms with van der Waals surface area (Å²) in [5.41, 5.74) is 0.0620. The molecule has 0 aromatic heterocycles. The fourth-order valence-electron chi connectivity index (χ4n) is 2.96. The lowest BCUT2D eigenvalue weighted by Gasteiger charge is -2.32. The normalized spacial score (nSPS) is 36.0. The molecule has 0 amide bonds. The molecule has 0 radical (unpaired) electrons. The van der Waals surface area contributed by atoms with Gasteiger partial charge < -0.3 is 10.4 Å². The van der Waals surface area contributed by atoms with Crippen molar-refractivity contribution in [1.82, 2.24) is 5.32 Å². The minimum atomic E-state index is 0.0620. The molecule has 16 heavy (non-hydrogen) atoms. The Balaban J connectivity index is 1.85. The maximum absolute atomic E-state index is 9.70. The van der Waals surface area contributed by atoms with Gasteiger partial charge in [-0.1, -0.05) is 26.2 Å². The number of aliphatic hydroxyl groups excluding tert-OH is 1. The van der Waals surface area contributed by atoms with Crippen molar-refractivity contribution in [2.24, 2.45) is 11.8 Å². The maximum atomic E-state index is 9.70. The van der Waals surface area contributed by atoms with Crippen molar-refractivity contribution in [3.8, 4) is 0 Å². The topological polar surface area (TPSA) is 32.3 Å². The summed E-state index contributed by atoms with van der Waals surface area (Å²) in [7, 11) is 0. The van der Waals surface area contributed by atoms with E-state index in [-0.39, 0.29) is 5.54 Å². The number of hydrogen-bond acceptors (Lipinski definition) is 2. The van der Waals surface area contributed by atoms with Gasteiger partial charge in [0.15, 0.2) is 0 Å². The molecular weight excluding hydrogens is 198 g/mol. The lowest BCUT2D eigenvalue weighted by atomic mass is 9.90. The van der Waals surface area contributed by atoms with E-state index in [4.69, 9.17) is 0 Å². The first-order valence-electron chi connectivity index (χ1n) is 7.14. The fraction of sp³-hybridized carbons (Fsp3) is 1.00. The third-order valence-corrected chi connectivity index (χ3v) is 4.64. The third-order valence-electron chi connectivity index (χ3n) is 4.64. The van der Waals surface area contributed by atoms with Crippen LogP contribution in [0.1, 0.15) is 58.3 Å². The number of rotatable bonds is 5. The average molecular weight is 225 g/mol. The van der Waals surface area contributed by atoms with Gasteiger partial charge in [0.25, 0.3) is 0 Å². The Morgan fingerprint density at radius 2 is 1.94 bits per heavy atom. The van der Waals surface area contributed by atoms with Crippen LogP contribution in [0.25, 0.3) is 0 Å². The number of nitrogens with one attached hydrogen (secondary N) is 1. The molecule has 2 rings (SSSR count). The molecule has 2 fully saturated rings. The molecule has 2 aliphatic carbocycles. The van der Waals surface area contributed by atoms with Crippen LogP contribution in [0.2, 0.25) is 0 Å². The number of aliphatic hydroxyl groups is 1. The highest BCUT2D eigenvalue weighted by molar-refractivity contribution is 4.92. The van der Waals surface area contributed by atoms with E-state index in [1.54, 1.807) is 0 Å². The Bertz CT molecular complexity index is 215. The molecule has 94 valence electrons. The van der Waals surface area contributed by atoms with Gasteiger partial charge in [0.2, 0.25) is 0 Å². The van der Waals surface area contributed by atoms with E-state index in [1.165, 1.54) is 51.4 Å². The molecule has 2 nitrogen and oxygen atoms in total. The summed E-state index contributed by atoms with van der Waals surface area (Å²) in [4.78, 5) is 0. The first kappa shape index (κ1) is 12.4. The van der Waals surface area contributed by atoms with Crippen LogP contribution in [0, 0.1) is 11.8 Å². The van der Waals surface area contributed by atoms with E-state index in [0.29, 0.717) is 6.61 Å².